The molecule has 2 aliphatic heterocycles. The first kappa shape index (κ1) is 19.0. The number of benzene rings is 1. The number of nitrogens with one attached hydrogen (secondary N) is 2. The number of fused-ring (bicyclic) bond motifs is 1. The number of para-hydroxylation sites is 1. The summed E-state index contributed by atoms with van der Waals surface area (Å²) in [5.74, 6) is 2.70. The molecule has 0 spiro atoms. The molecule has 1 aromatic carbocycles. The molecule has 2 aromatic rings. The number of piperidine rings is 1. The van der Waals surface area contributed by atoms with Gasteiger partial charge >= 0.3 is 0 Å². The van der Waals surface area contributed by atoms with Crippen molar-refractivity contribution in [3.63, 3.8) is 0 Å². The zero-order chi connectivity index (χ0) is 19.5. The molecule has 2 aliphatic rings. The molecular weight excluding hydrogens is 352 g/mol. The van der Waals surface area contributed by atoms with Gasteiger partial charge < -0.3 is 19.9 Å². The highest BCUT2D eigenvalue weighted by Crippen LogP contribution is 2.30. The second-order valence-electron chi connectivity index (χ2n) is 8.14. The molecule has 4 rings (SSSR count). The van der Waals surface area contributed by atoms with Crippen molar-refractivity contribution in [3.05, 3.63) is 47.0 Å². The fourth-order valence-electron chi connectivity index (χ4n) is 4.31. The van der Waals surface area contributed by atoms with Crippen LogP contribution in [0.2, 0.25) is 0 Å². The molecule has 6 heteroatoms. The Morgan fingerprint density at radius 2 is 2.04 bits per heavy atom. The smallest absolute Gasteiger partial charge is 0.271 e. The lowest BCUT2D eigenvalue weighted by molar-refractivity contribution is 0.0950. The van der Waals surface area contributed by atoms with Gasteiger partial charge in [-0.15, -0.1) is 0 Å². The molecule has 0 unspecified atom stereocenters. The summed E-state index contributed by atoms with van der Waals surface area (Å²) in [5.41, 5.74) is 2.62. The summed E-state index contributed by atoms with van der Waals surface area (Å²) in [6.45, 7) is 6.24. The quantitative estimate of drug-likeness (QED) is 0.834. The fraction of sp³-hybridized carbons (Fsp3) is 0.545. The van der Waals surface area contributed by atoms with Gasteiger partial charge in [0.25, 0.3) is 5.91 Å². The van der Waals surface area contributed by atoms with Crippen molar-refractivity contribution in [2.45, 2.75) is 38.5 Å². The second kappa shape index (κ2) is 8.35. The van der Waals surface area contributed by atoms with E-state index in [9.17, 15) is 4.79 Å². The molecular formula is C22H30N4O2. The van der Waals surface area contributed by atoms with Gasteiger partial charge in [-0.25, -0.2) is 4.98 Å². The van der Waals surface area contributed by atoms with Crippen molar-refractivity contribution in [3.8, 4) is 5.75 Å². The number of ether oxygens (including phenoxy) is 1. The van der Waals surface area contributed by atoms with Crippen molar-refractivity contribution >= 4 is 5.91 Å². The predicted molar refractivity (Wildman–Crippen MR) is 109 cm³/mol. The number of hydrogen-bond acceptors (Lipinski definition) is 4. The van der Waals surface area contributed by atoms with E-state index >= 15 is 0 Å². The average molecular weight is 383 g/mol. The van der Waals surface area contributed by atoms with Crippen LogP contribution in [0.3, 0.4) is 0 Å². The van der Waals surface area contributed by atoms with E-state index in [4.69, 9.17) is 4.74 Å². The van der Waals surface area contributed by atoms with E-state index in [1.165, 1.54) is 12.8 Å². The fourth-order valence-corrected chi connectivity index (χ4v) is 4.31. The van der Waals surface area contributed by atoms with Crippen LogP contribution < -0.4 is 10.1 Å². The van der Waals surface area contributed by atoms with Gasteiger partial charge in [0.15, 0.2) is 0 Å². The highest BCUT2D eigenvalue weighted by atomic mass is 16.5. The van der Waals surface area contributed by atoms with Gasteiger partial charge in [0.05, 0.1) is 7.11 Å². The van der Waals surface area contributed by atoms with Gasteiger partial charge in [-0.1, -0.05) is 25.1 Å². The summed E-state index contributed by atoms with van der Waals surface area (Å²) in [4.78, 5) is 23.1. The lowest BCUT2D eigenvalue weighted by Crippen LogP contribution is -2.34. The number of carbonyl (C=O) groups is 1. The molecule has 0 bridgehead atoms. The van der Waals surface area contributed by atoms with E-state index in [2.05, 4.69) is 33.2 Å². The van der Waals surface area contributed by atoms with E-state index in [1.807, 2.05) is 18.2 Å². The number of aromatic amines is 1. The number of carbonyl (C=O) groups excluding carboxylic acids is 1. The Labute approximate surface area is 166 Å². The summed E-state index contributed by atoms with van der Waals surface area (Å²) < 4.78 is 5.53. The molecule has 0 radical (unpaired) electrons. The number of nitrogens with zero attached hydrogens (tertiary/aromatic N) is 2. The molecule has 1 atom stereocenters. The lowest BCUT2D eigenvalue weighted by atomic mass is 9.93. The van der Waals surface area contributed by atoms with Crippen LogP contribution >= 0.6 is 0 Å². The molecule has 1 fully saturated rings. The van der Waals surface area contributed by atoms with Gasteiger partial charge in [0, 0.05) is 31.1 Å². The van der Waals surface area contributed by atoms with Crippen molar-refractivity contribution in [1.29, 1.82) is 0 Å². The summed E-state index contributed by atoms with van der Waals surface area (Å²) in [5, 5.41) is 3.04. The minimum Gasteiger partial charge on any atom is -0.496 e. The van der Waals surface area contributed by atoms with Crippen molar-refractivity contribution in [2.24, 2.45) is 5.92 Å². The molecule has 150 valence electrons. The van der Waals surface area contributed by atoms with E-state index in [0.29, 0.717) is 12.2 Å². The molecule has 0 aliphatic carbocycles. The molecule has 1 aromatic heterocycles. The van der Waals surface area contributed by atoms with Gasteiger partial charge in [-0.2, -0.15) is 0 Å². The minimum atomic E-state index is -0.0818. The third-order valence-corrected chi connectivity index (χ3v) is 6.12. The topological polar surface area (TPSA) is 70.2 Å². The molecule has 2 N–H and O–H groups in total. The predicted octanol–water partition coefficient (Wildman–Crippen LogP) is 2.76. The standard InChI is InChI=1S/C22H30N4O2/c1-15-7-10-26(11-8-15)12-9-20-24-18-13-16(14-23-22(27)21(18)25-20)17-5-3-4-6-19(17)28-2/h3-6,15-16H,7-14H2,1-2H3,(H,23,27)(H,24,25)/t16-/m0/s1. The maximum absolute atomic E-state index is 12.6. The van der Waals surface area contributed by atoms with Gasteiger partial charge in [0.2, 0.25) is 0 Å². The van der Waals surface area contributed by atoms with E-state index < -0.39 is 0 Å². The van der Waals surface area contributed by atoms with Crippen LogP contribution in [0.15, 0.2) is 24.3 Å². The van der Waals surface area contributed by atoms with E-state index in [1.54, 1.807) is 7.11 Å². The average Bonchev–Trinajstić information content (AvgIpc) is 3.06. The molecule has 0 saturated carbocycles. The molecule has 28 heavy (non-hydrogen) atoms. The molecule has 3 heterocycles. The molecule has 1 amide bonds. The molecule has 1 saturated heterocycles. The van der Waals surface area contributed by atoms with E-state index in [0.717, 1.165) is 61.2 Å². The zero-order valence-electron chi connectivity index (χ0n) is 16.8. The normalized spacial score (nSPS) is 21.1. The minimum absolute atomic E-state index is 0.0818. The summed E-state index contributed by atoms with van der Waals surface area (Å²) in [7, 11) is 1.69. The van der Waals surface area contributed by atoms with Crippen LogP contribution in [0.25, 0.3) is 0 Å². The first-order chi connectivity index (χ1) is 13.6. The van der Waals surface area contributed by atoms with E-state index in [-0.39, 0.29) is 11.8 Å². The van der Waals surface area contributed by atoms with Gasteiger partial charge in [-0.05, 0) is 49.9 Å². The maximum Gasteiger partial charge on any atom is 0.271 e. The SMILES string of the molecule is COc1ccccc1[C@@H]1CNC(=O)c2nc(CCN3CCC(C)CC3)[nH]c2C1. The van der Waals surface area contributed by atoms with Crippen LogP contribution in [-0.4, -0.2) is 54.1 Å². The number of rotatable bonds is 5. The number of hydrogen-bond donors (Lipinski definition) is 2. The number of H-pyrrole nitrogens is 1. The van der Waals surface area contributed by atoms with Gasteiger partial charge in [0.1, 0.15) is 17.3 Å². The first-order valence-electron chi connectivity index (χ1n) is 10.3. The Hall–Kier alpha value is -2.34. The number of imidazole rings is 1. The second-order valence-corrected chi connectivity index (χ2v) is 8.14. The largest absolute Gasteiger partial charge is 0.496 e. The third-order valence-electron chi connectivity index (χ3n) is 6.12. The van der Waals surface area contributed by atoms with Crippen LogP contribution in [0.1, 0.15) is 53.3 Å². The highest BCUT2D eigenvalue weighted by Gasteiger charge is 2.27. The monoisotopic (exact) mass is 382 g/mol. The highest BCUT2D eigenvalue weighted by molar-refractivity contribution is 5.94. The number of methoxy groups -OCH3 is 1. The van der Waals surface area contributed by atoms with Crippen LogP contribution in [0.5, 0.6) is 5.75 Å². The Morgan fingerprint density at radius 3 is 2.82 bits per heavy atom. The van der Waals surface area contributed by atoms with Crippen molar-refractivity contribution < 1.29 is 9.53 Å². The Balaban J connectivity index is 1.47. The lowest BCUT2D eigenvalue weighted by Gasteiger charge is -2.29. The Bertz CT molecular complexity index is 824. The Kier molecular flexibility index (Phi) is 5.67. The van der Waals surface area contributed by atoms with Gasteiger partial charge in [-0.3, -0.25) is 4.79 Å². The number of aromatic nitrogens is 2. The number of amides is 1. The maximum atomic E-state index is 12.6. The van der Waals surface area contributed by atoms with Crippen molar-refractivity contribution in [1.82, 2.24) is 20.2 Å². The summed E-state index contributed by atoms with van der Waals surface area (Å²) >= 11 is 0. The Morgan fingerprint density at radius 1 is 1.25 bits per heavy atom. The number of likely N-dealkylation sites (tertiary alicyclic amines) is 1. The molecule has 6 nitrogen and oxygen atoms in total. The van der Waals surface area contributed by atoms with Crippen LogP contribution in [-0.2, 0) is 12.8 Å². The van der Waals surface area contributed by atoms with Crippen LogP contribution in [0.4, 0.5) is 0 Å². The van der Waals surface area contributed by atoms with Crippen molar-refractivity contribution in [2.75, 3.05) is 33.3 Å². The third kappa shape index (κ3) is 4.07. The summed E-state index contributed by atoms with van der Waals surface area (Å²) in [6, 6.07) is 8.04. The zero-order valence-corrected chi connectivity index (χ0v) is 16.8. The summed E-state index contributed by atoms with van der Waals surface area (Å²) in [6.07, 6.45) is 4.16. The first-order valence-corrected chi connectivity index (χ1v) is 10.3. The van der Waals surface area contributed by atoms with Crippen LogP contribution in [0, 0.1) is 5.92 Å².